The van der Waals surface area contributed by atoms with Gasteiger partial charge in [0.25, 0.3) is 0 Å². The fraction of sp³-hybridized carbons (Fsp3) is 0.600. The third kappa shape index (κ3) is 4.27. The Hall–Kier alpha value is -1.16. The Bertz CT molecular complexity index is 622. The lowest BCUT2D eigenvalue weighted by Crippen LogP contribution is -2.97. The molecule has 136 valence electrons. The number of alkyl halides is 3. The van der Waals surface area contributed by atoms with Crippen molar-refractivity contribution in [1.29, 1.82) is 0 Å². The van der Waals surface area contributed by atoms with Crippen LogP contribution < -0.4 is 5.32 Å². The van der Waals surface area contributed by atoms with Crippen molar-refractivity contribution in [3.63, 3.8) is 0 Å². The predicted molar refractivity (Wildman–Crippen MR) is 78.9 cm³/mol. The fourth-order valence-corrected chi connectivity index (χ4v) is 3.33. The van der Waals surface area contributed by atoms with E-state index < -0.39 is 15.6 Å². The Labute approximate surface area is 138 Å². The highest BCUT2D eigenvalue weighted by atomic mass is 32.2. The molecule has 5 nitrogen and oxygen atoms in total. The minimum absolute atomic E-state index is 0.0117. The summed E-state index contributed by atoms with van der Waals surface area (Å²) in [6, 6.07) is 11.5. The molecule has 0 unspecified atom stereocenters. The van der Waals surface area contributed by atoms with Gasteiger partial charge in [0.2, 0.25) is 0 Å². The van der Waals surface area contributed by atoms with Gasteiger partial charge in [-0.3, -0.25) is 0 Å². The summed E-state index contributed by atoms with van der Waals surface area (Å²) in [5.41, 5.74) is -4.25. The number of quaternary nitrogens is 1. The first kappa shape index (κ1) is 19.2. The highest BCUT2D eigenvalue weighted by Crippen LogP contribution is 2.40. The molecule has 2 fully saturated rings. The van der Waals surface area contributed by atoms with Crippen molar-refractivity contribution >= 4 is 10.1 Å². The van der Waals surface area contributed by atoms with Gasteiger partial charge < -0.3 is 14.6 Å². The predicted octanol–water partition coefficient (Wildman–Crippen LogP) is 1.47. The Kier molecular flexibility index (Phi) is 5.90. The molecule has 2 N–H and O–H groups in total. The SMILES string of the molecule is O=S(=O)([O-])C(F)(F)F.c1ccc([C@@]23CCCC[C@@H]2[NH2+]CCO3)cc1. The van der Waals surface area contributed by atoms with Crippen LogP contribution in [0.2, 0.25) is 0 Å². The number of ether oxygens (including phenoxy) is 1. The lowest BCUT2D eigenvalue weighted by atomic mass is 9.75. The highest BCUT2D eigenvalue weighted by molar-refractivity contribution is 7.86. The van der Waals surface area contributed by atoms with Crippen LogP contribution in [0.5, 0.6) is 0 Å². The summed E-state index contributed by atoms with van der Waals surface area (Å²) in [4.78, 5) is 0. The van der Waals surface area contributed by atoms with Gasteiger partial charge in [0.1, 0.15) is 11.6 Å². The van der Waals surface area contributed by atoms with E-state index in [1.165, 1.54) is 31.2 Å². The fourth-order valence-electron chi connectivity index (χ4n) is 3.33. The molecule has 1 saturated carbocycles. The molecule has 1 aliphatic carbocycles. The molecule has 24 heavy (non-hydrogen) atoms. The summed E-state index contributed by atoms with van der Waals surface area (Å²) in [7, 11) is -6.09. The summed E-state index contributed by atoms with van der Waals surface area (Å²) in [6.45, 7) is 2.02. The van der Waals surface area contributed by atoms with Gasteiger partial charge in [-0.25, -0.2) is 8.42 Å². The molecule has 1 saturated heterocycles. The van der Waals surface area contributed by atoms with E-state index in [-0.39, 0.29) is 5.60 Å². The first-order valence-corrected chi connectivity index (χ1v) is 9.12. The smallest absolute Gasteiger partial charge is 0.485 e. The van der Waals surface area contributed by atoms with E-state index in [0.29, 0.717) is 6.04 Å². The number of rotatable bonds is 1. The van der Waals surface area contributed by atoms with Crippen molar-refractivity contribution in [3.8, 4) is 0 Å². The van der Waals surface area contributed by atoms with Crippen LogP contribution in [0.15, 0.2) is 30.3 Å². The van der Waals surface area contributed by atoms with Gasteiger partial charge in [0, 0.05) is 6.42 Å². The van der Waals surface area contributed by atoms with E-state index >= 15 is 0 Å². The molecular weight excluding hydrogens is 347 g/mol. The van der Waals surface area contributed by atoms with Crippen LogP contribution in [0, 0.1) is 0 Å². The molecule has 1 aromatic carbocycles. The largest absolute Gasteiger partial charge is 0.741 e. The van der Waals surface area contributed by atoms with Gasteiger partial charge in [-0.2, -0.15) is 13.2 Å². The average molecular weight is 367 g/mol. The van der Waals surface area contributed by atoms with Crippen LogP contribution in [0.3, 0.4) is 0 Å². The molecule has 9 heteroatoms. The second-order valence-corrected chi connectivity index (χ2v) is 7.25. The van der Waals surface area contributed by atoms with Crippen LogP contribution in [-0.2, 0) is 20.5 Å². The van der Waals surface area contributed by atoms with Gasteiger partial charge in [-0.15, -0.1) is 0 Å². The van der Waals surface area contributed by atoms with Gasteiger partial charge in [0.15, 0.2) is 10.1 Å². The number of morpholine rings is 1. The maximum absolute atomic E-state index is 10.7. The maximum Gasteiger partial charge on any atom is 0.485 e. The standard InChI is InChI=1S/C14H19NO.CHF3O3S/c1-2-6-12(7-3-1)14-9-5-4-8-13(14)15-10-11-16-14;2-1(3,4)8(5,6)7/h1-3,6-7,13,15H,4-5,8-11H2;(H,5,6,7)/t13-,14-;/m0./s1. The summed E-state index contributed by atoms with van der Waals surface area (Å²) in [5, 5.41) is 2.50. The Morgan fingerprint density at radius 2 is 1.83 bits per heavy atom. The van der Waals surface area contributed by atoms with Crippen LogP contribution in [-0.4, -0.2) is 37.7 Å². The molecule has 1 aliphatic heterocycles. The summed E-state index contributed by atoms with van der Waals surface area (Å²) >= 11 is 0. The monoisotopic (exact) mass is 367 g/mol. The Morgan fingerprint density at radius 3 is 2.42 bits per heavy atom. The van der Waals surface area contributed by atoms with Gasteiger partial charge in [-0.1, -0.05) is 30.3 Å². The van der Waals surface area contributed by atoms with Gasteiger partial charge >= 0.3 is 5.51 Å². The molecule has 2 atom stereocenters. The normalized spacial score (nSPS) is 27.6. The van der Waals surface area contributed by atoms with E-state index in [4.69, 9.17) is 17.7 Å². The quantitative estimate of drug-likeness (QED) is 0.602. The zero-order chi connectivity index (χ0) is 17.8. The van der Waals surface area contributed by atoms with Gasteiger partial charge in [-0.05, 0) is 24.8 Å². The van der Waals surface area contributed by atoms with Crippen LogP contribution in [0.1, 0.15) is 31.2 Å². The zero-order valence-corrected chi connectivity index (χ0v) is 13.8. The molecule has 3 rings (SSSR count). The summed E-state index contributed by atoms with van der Waals surface area (Å²) in [5.74, 6) is 0. The van der Waals surface area contributed by atoms with Crippen molar-refractivity contribution < 1.29 is 36.2 Å². The highest BCUT2D eigenvalue weighted by Gasteiger charge is 2.47. The topological polar surface area (TPSA) is 83.0 Å². The second-order valence-electron chi connectivity index (χ2n) is 5.88. The molecule has 1 aromatic rings. The van der Waals surface area contributed by atoms with E-state index in [2.05, 4.69) is 35.6 Å². The summed E-state index contributed by atoms with van der Waals surface area (Å²) in [6.07, 6.45) is 5.16. The van der Waals surface area contributed by atoms with E-state index in [9.17, 15) is 13.2 Å². The lowest BCUT2D eigenvalue weighted by Gasteiger charge is -2.45. The molecule has 0 aromatic heterocycles. The molecule has 1 heterocycles. The van der Waals surface area contributed by atoms with Crippen molar-refractivity contribution in [2.45, 2.75) is 42.8 Å². The average Bonchev–Trinajstić information content (AvgIpc) is 2.54. The first-order chi connectivity index (χ1) is 11.2. The van der Waals surface area contributed by atoms with Crippen LogP contribution in [0.4, 0.5) is 13.2 Å². The van der Waals surface area contributed by atoms with Crippen molar-refractivity contribution in [1.82, 2.24) is 0 Å². The third-order valence-electron chi connectivity index (χ3n) is 4.39. The second kappa shape index (κ2) is 7.38. The number of nitrogens with two attached hydrogens (primary N) is 1. The number of fused-ring (bicyclic) bond motifs is 1. The van der Waals surface area contributed by atoms with Crippen molar-refractivity contribution in [2.24, 2.45) is 0 Å². The molecular formula is C15H20F3NO4S. The number of benzene rings is 1. The van der Waals surface area contributed by atoms with Crippen LogP contribution >= 0.6 is 0 Å². The maximum atomic E-state index is 10.7. The zero-order valence-electron chi connectivity index (χ0n) is 13.0. The molecule has 0 radical (unpaired) electrons. The lowest BCUT2D eigenvalue weighted by molar-refractivity contribution is -0.727. The molecule has 0 amide bonds. The molecule has 2 aliphatic rings. The van der Waals surface area contributed by atoms with E-state index in [1.54, 1.807) is 0 Å². The number of halogens is 3. The summed E-state index contributed by atoms with van der Waals surface area (Å²) < 4.78 is 65.1. The van der Waals surface area contributed by atoms with Crippen LogP contribution in [0.25, 0.3) is 0 Å². The molecule has 0 spiro atoms. The third-order valence-corrected chi connectivity index (χ3v) is 4.95. The van der Waals surface area contributed by atoms with E-state index in [0.717, 1.165) is 13.2 Å². The molecule has 0 bridgehead atoms. The van der Waals surface area contributed by atoms with Crippen molar-refractivity contribution in [3.05, 3.63) is 35.9 Å². The van der Waals surface area contributed by atoms with E-state index in [1.807, 2.05) is 0 Å². The minimum atomic E-state index is -6.09. The first-order valence-electron chi connectivity index (χ1n) is 7.72. The number of hydrogen-bond donors (Lipinski definition) is 1. The van der Waals surface area contributed by atoms with Gasteiger partial charge in [0.05, 0.1) is 13.2 Å². The Morgan fingerprint density at radius 1 is 1.21 bits per heavy atom. The minimum Gasteiger partial charge on any atom is -0.741 e. The van der Waals surface area contributed by atoms with Crippen molar-refractivity contribution in [2.75, 3.05) is 13.2 Å². The Balaban J connectivity index is 0.000000224. The number of hydrogen-bond acceptors (Lipinski definition) is 4.